The maximum atomic E-state index is 11.6. The van der Waals surface area contributed by atoms with Gasteiger partial charge in [0.2, 0.25) is 0 Å². The SMILES string of the molecule is CC1CCC(CNOCC(F)(F)F)O1. The molecule has 1 rings (SSSR count). The molecular weight excluding hydrogens is 199 g/mol. The quantitative estimate of drug-likeness (QED) is 0.568. The van der Waals surface area contributed by atoms with E-state index in [2.05, 4.69) is 10.3 Å². The smallest absolute Gasteiger partial charge is 0.374 e. The molecule has 1 fully saturated rings. The number of hydrogen-bond acceptors (Lipinski definition) is 3. The molecule has 1 aliphatic heterocycles. The number of alkyl halides is 3. The van der Waals surface area contributed by atoms with Gasteiger partial charge in [-0.3, -0.25) is 4.84 Å². The van der Waals surface area contributed by atoms with Crippen molar-refractivity contribution in [1.29, 1.82) is 0 Å². The molecule has 0 saturated carbocycles. The van der Waals surface area contributed by atoms with Crippen molar-refractivity contribution >= 4 is 0 Å². The molecule has 0 bridgehead atoms. The maximum absolute atomic E-state index is 11.6. The summed E-state index contributed by atoms with van der Waals surface area (Å²) in [6, 6.07) is 0. The molecule has 0 aromatic rings. The van der Waals surface area contributed by atoms with E-state index < -0.39 is 12.8 Å². The molecule has 2 unspecified atom stereocenters. The Morgan fingerprint density at radius 1 is 1.43 bits per heavy atom. The summed E-state index contributed by atoms with van der Waals surface area (Å²) in [7, 11) is 0. The zero-order chi connectivity index (χ0) is 10.6. The maximum Gasteiger partial charge on any atom is 0.413 e. The standard InChI is InChI=1S/C8H14F3NO2/c1-6-2-3-7(14-6)4-12-13-5-8(9,10)11/h6-7,12H,2-5H2,1H3. The fourth-order valence-corrected chi connectivity index (χ4v) is 1.32. The first-order valence-corrected chi connectivity index (χ1v) is 4.54. The predicted molar refractivity (Wildman–Crippen MR) is 43.6 cm³/mol. The minimum Gasteiger partial charge on any atom is -0.374 e. The van der Waals surface area contributed by atoms with Gasteiger partial charge in [-0.25, -0.2) is 0 Å². The highest BCUT2D eigenvalue weighted by molar-refractivity contribution is 4.70. The number of hydrogen-bond donors (Lipinski definition) is 1. The third-order valence-electron chi connectivity index (χ3n) is 1.97. The lowest BCUT2D eigenvalue weighted by Gasteiger charge is -2.12. The van der Waals surface area contributed by atoms with E-state index in [1.165, 1.54) is 0 Å². The Hall–Kier alpha value is -0.330. The Morgan fingerprint density at radius 3 is 2.64 bits per heavy atom. The van der Waals surface area contributed by atoms with Gasteiger partial charge in [-0.05, 0) is 19.8 Å². The van der Waals surface area contributed by atoms with Crippen LogP contribution in [0.4, 0.5) is 13.2 Å². The van der Waals surface area contributed by atoms with Crippen molar-refractivity contribution < 1.29 is 22.7 Å². The van der Waals surface area contributed by atoms with Crippen molar-refractivity contribution in [2.45, 2.75) is 38.1 Å². The summed E-state index contributed by atoms with van der Waals surface area (Å²) < 4.78 is 40.2. The zero-order valence-electron chi connectivity index (χ0n) is 7.93. The molecule has 0 aliphatic carbocycles. The minimum absolute atomic E-state index is 0.0294. The number of rotatable bonds is 4. The van der Waals surface area contributed by atoms with Crippen LogP contribution in [0.5, 0.6) is 0 Å². The molecule has 1 saturated heterocycles. The van der Waals surface area contributed by atoms with Gasteiger partial charge in [0.25, 0.3) is 0 Å². The summed E-state index contributed by atoms with van der Waals surface area (Å²) in [4.78, 5) is 4.24. The van der Waals surface area contributed by atoms with Crippen LogP contribution in [0.2, 0.25) is 0 Å². The normalized spacial score (nSPS) is 28.3. The van der Waals surface area contributed by atoms with Gasteiger partial charge in [0.1, 0.15) is 0 Å². The van der Waals surface area contributed by atoms with E-state index in [1.807, 2.05) is 6.92 Å². The van der Waals surface area contributed by atoms with Crippen LogP contribution in [0, 0.1) is 0 Å². The lowest BCUT2D eigenvalue weighted by atomic mass is 10.2. The molecule has 2 atom stereocenters. The van der Waals surface area contributed by atoms with Crippen LogP contribution in [-0.4, -0.2) is 31.5 Å². The van der Waals surface area contributed by atoms with E-state index in [-0.39, 0.29) is 12.2 Å². The highest BCUT2D eigenvalue weighted by atomic mass is 19.4. The van der Waals surface area contributed by atoms with Crippen molar-refractivity contribution in [3.8, 4) is 0 Å². The van der Waals surface area contributed by atoms with E-state index in [0.29, 0.717) is 6.54 Å². The fraction of sp³-hybridized carbons (Fsp3) is 1.00. The first-order chi connectivity index (χ1) is 6.47. The van der Waals surface area contributed by atoms with Gasteiger partial charge in [-0.1, -0.05) is 0 Å². The molecule has 14 heavy (non-hydrogen) atoms. The topological polar surface area (TPSA) is 30.5 Å². The van der Waals surface area contributed by atoms with Gasteiger partial charge in [0.05, 0.1) is 12.2 Å². The van der Waals surface area contributed by atoms with Crippen LogP contribution in [0.25, 0.3) is 0 Å². The van der Waals surface area contributed by atoms with Crippen LogP contribution < -0.4 is 5.48 Å². The Labute approximate surface area is 80.5 Å². The van der Waals surface area contributed by atoms with Crippen LogP contribution in [0.1, 0.15) is 19.8 Å². The van der Waals surface area contributed by atoms with Gasteiger partial charge in [-0.2, -0.15) is 18.7 Å². The average Bonchev–Trinajstić information content (AvgIpc) is 2.44. The molecule has 0 amide bonds. The van der Waals surface area contributed by atoms with Gasteiger partial charge in [-0.15, -0.1) is 0 Å². The van der Waals surface area contributed by atoms with E-state index in [9.17, 15) is 13.2 Å². The van der Waals surface area contributed by atoms with Crippen molar-refractivity contribution in [2.24, 2.45) is 0 Å². The summed E-state index contributed by atoms with van der Waals surface area (Å²) >= 11 is 0. The highest BCUT2D eigenvalue weighted by Gasteiger charge is 2.28. The molecule has 0 aromatic carbocycles. The van der Waals surface area contributed by atoms with E-state index in [1.54, 1.807) is 0 Å². The van der Waals surface area contributed by atoms with Gasteiger partial charge < -0.3 is 4.74 Å². The van der Waals surface area contributed by atoms with E-state index in [4.69, 9.17) is 4.74 Å². The lowest BCUT2D eigenvalue weighted by molar-refractivity contribution is -0.191. The second-order valence-corrected chi connectivity index (χ2v) is 3.40. The molecule has 84 valence electrons. The zero-order valence-corrected chi connectivity index (χ0v) is 7.93. The molecule has 1 N–H and O–H groups in total. The molecular formula is C8H14F3NO2. The fourth-order valence-electron chi connectivity index (χ4n) is 1.32. The number of halogens is 3. The van der Waals surface area contributed by atoms with Crippen molar-refractivity contribution in [1.82, 2.24) is 5.48 Å². The molecule has 3 nitrogen and oxygen atoms in total. The van der Waals surface area contributed by atoms with Gasteiger partial charge >= 0.3 is 6.18 Å². The Balaban J connectivity index is 1.99. The summed E-state index contributed by atoms with van der Waals surface area (Å²) in [5, 5.41) is 0. The van der Waals surface area contributed by atoms with E-state index in [0.717, 1.165) is 12.8 Å². The average molecular weight is 213 g/mol. The van der Waals surface area contributed by atoms with Crippen LogP contribution >= 0.6 is 0 Å². The molecule has 1 heterocycles. The summed E-state index contributed by atoms with van der Waals surface area (Å²) in [6.45, 7) is 0.978. The minimum atomic E-state index is -4.28. The Bertz CT molecular complexity index is 174. The number of nitrogens with one attached hydrogen (secondary N) is 1. The van der Waals surface area contributed by atoms with Crippen molar-refractivity contribution in [2.75, 3.05) is 13.2 Å². The third-order valence-corrected chi connectivity index (χ3v) is 1.97. The van der Waals surface area contributed by atoms with Crippen molar-refractivity contribution in [3.05, 3.63) is 0 Å². The van der Waals surface area contributed by atoms with E-state index >= 15 is 0 Å². The second-order valence-electron chi connectivity index (χ2n) is 3.40. The monoisotopic (exact) mass is 213 g/mol. The Morgan fingerprint density at radius 2 is 2.14 bits per heavy atom. The second kappa shape index (κ2) is 4.95. The molecule has 6 heteroatoms. The van der Waals surface area contributed by atoms with Crippen molar-refractivity contribution in [3.63, 3.8) is 0 Å². The lowest BCUT2D eigenvalue weighted by Crippen LogP contribution is -2.31. The summed E-state index contributed by atoms with van der Waals surface area (Å²) in [5.41, 5.74) is 2.26. The Kier molecular flexibility index (Phi) is 4.15. The first kappa shape index (κ1) is 11.7. The first-order valence-electron chi connectivity index (χ1n) is 4.54. The number of hydroxylamine groups is 1. The molecule has 1 aliphatic rings. The highest BCUT2D eigenvalue weighted by Crippen LogP contribution is 2.18. The third kappa shape index (κ3) is 4.78. The van der Waals surface area contributed by atoms with Gasteiger partial charge in [0.15, 0.2) is 6.61 Å². The summed E-state index contributed by atoms with van der Waals surface area (Å²) in [5.74, 6) is 0. The van der Waals surface area contributed by atoms with Gasteiger partial charge in [0, 0.05) is 6.54 Å². The van der Waals surface area contributed by atoms with Crippen LogP contribution in [0.3, 0.4) is 0 Å². The molecule has 0 radical (unpaired) electrons. The molecule has 0 spiro atoms. The summed E-state index contributed by atoms with van der Waals surface area (Å²) in [6.07, 6.45) is -2.30. The number of ether oxygens (including phenoxy) is 1. The van der Waals surface area contributed by atoms with Crippen LogP contribution in [-0.2, 0) is 9.57 Å². The van der Waals surface area contributed by atoms with Crippen LogP contribution in [0.15, 0.2) is 0 Å². The molecule has 0 aromatic heterocycles. The largest absolute Gasteiger partial charge is 0.413 e. The predicted octanol–water partition coefficient (Wildman–Crippen LogP) is 1.64.